The summed E-state index contributed by atoms with van der Waals surface area (Å²) in [5, 5.41) is 14.3. The molecule has 25 heteroatoms. The molecule has 0 bridgehead atoms. The lowest BCUT2D eigenvalue weighted by Crippen LogP contribution is -2.43. The highest BCUT2D eigenvalue weighted by Crippen LogP contribution is 2.57. The molecule has 9 atom stereocenters. The van der Waals surface area contributed by atoms with E-state index in [0.717, 1.165) is 10.9 Å². The van der Waals surface area contributed by atoms with Gasteiger partial charge >= 0.3 is 27.1 Å². The smallest absolute Gasteiger partial charge is 0.455 e. The molecular weight excluding hydrogens is 796 g/mol. The molecule has 0 aliphatic carbocycles. The summed E-state index contributed by atoms with van der Waals surface area (Å²) < 4.78 is 55.7. The average molecular weight is 836 g/mol. The summed E-state index contributed by atoms with van der Waals surface area (Å²) >= 11 is 0. The zero-order chi connectivity index (χ0) is 41.1. The van der Waals surface area contributed by atoms with Crippen molar-refractivity contribution in [2.75, 3.05) is 31.3 Å². The summed E-state index contributed by atoms with van der Waals surface area (Å²) in [6, 6.07) is 6.69. The Bertz CT molecular complexity index is 2260. The molecule has 0 radical (unpaired) electrons. The number of amides is 1. The van der Waals surface area contributed by atoms with Crippen molar-refractivity contribution in [3.63, 3.8) is 0 Å². The van der Waals surface area contributed by atoms with Crippen LogP contribution in [0.15, 0.2) is 72.7 Å². The van der Waals surface area contributed by atoms with Gasteiger partial charge in [-0.25, -0.2) is 29.1 Å². The number of carbonyl (C=O) groups excluding carboxylic acids is 2. The predicted molar refractivity (Wildman–Crippen MR) is 196 cm³/mol. The molecular formula is C32H39N9O14P2. The van der Waals surface area contributed by atoms with Crippen molar-refractivity contribution in [2.24, 2.45) is 0 Å². The number of imidazole rings is 1. The number of esters is 1. The van der Waals surface area contributed by atoms with Gasteiger partial charge in [0.25, 0.3) is 0 Å². The number of phosphoric ester groups is 1. The maximum absolute atomic E-state index is 14.2. The van der Waals surface area contributed by atoms with Gasteiger partial charge in [0.1, 0.15) is 35.5 Å². The van der Waals surface area contributed by atoms with Gasteiger partial charge in [-0.3, -0.25) is 23.0 Å². The van der Waals surface area contributed by atoms with Gasteiger partial charge in [-0.15, -0.1) is 6.58 Å². The first kappa shape index (κ1) is 41.7. The molecule has 0 spiro atoms. The number of allylic oxidation sites excluding steroid dienone is 1. The predicted octanol–water partition coefficient (Wildman–Crippen LogP) is -0.139. The van der Waals surface area contributed by atoms with E-state index in [-0.39, 0.29) is 29.2 Å². The zero-order valence-electron chi connectivity index (χ0n) is 29.7. The van der Waals surface area contributed by atoms with Crippen molar-refractivity contribution in [1.82, 2.24) is 34.4 Å². The highest BCUT2D eigenvalue weighted by atomic mass is 31.2. The van der Waals surface area contributed by atoms with Gasteiger partial charge in [0.2, 0.25) is 5.91 Å². The minimum Gasteiger partial charge on any atom is -0.455 e. The van der Waals surface area contributed by atoms with Crippen molar-refractivity contribution >= 4 is 50.1 Å². The maximum Gasteiger partial charge on any atom is 0.469 e. The Morgan fingerprint density at radius 1 is 1.05 bits per heavy atom. The fourth-order valence-corrected chi connectivity index (χ4v) is 8.61. The molecule has 0 saturated carbocycles. The second-order valence-electron chi connectivity index (χ2n) is 12.9. The van der Waals surface area contributed by atoms with Gasteiger partial charge in [0, 0.05) is 12.6 Å². The van der Waals surface area contributed by atoms with Crippen molar-refractivity contribution in [2.45, 2.75) is 61.2 Å². The molecule has 2 fully saturated rings. The first-order valence-corrected chi connectivity index (χ1v) is 20.3. The van der Waals surface area contributed by atoms with E-state index in [0.29, 0.717) is 12.0 Å². The van der Waals surface area contributed by atoms with Crippen LogP contribution in [0.2, 0.25) is 0 Å². The van der Waals surface area contributed by atoms with Crippen molar-refractivity contribution in [1.29, 1.82) is 0 Å². The van der Waals surface area contributed by atoms with Gasteiger partial charge in [-0.1, -0.05) is 36.4 Å². The maximum atomic E-state index is 14.2. The van der Waals surface area contributed by atoms with Gasteiger partial charge in [0.15, 0.2) is 29.8 Å². The lowest BCUT2D eigenvalue weighted by molar-refractivity contribution is -0.160. The third kappa shape index (κ3) is 9.45. The second-order valence-corrected chi connectivity index (χ2v) is 16.1. The Balaban J connectivity index is 1.31. The number of hydrogen-bond donors (Lipinski definition) is 7. The minimum atomic E-state index is -5.10. The number of nitrogens with one attached hydrogen (secondary N) is 1. The molecule has 306 valence electrons. The second kappa shape index (κ2) is 17.3. The Morgan fingerprint density at radius 3 is 2.49 bits per heavy atom. The minimum absolute atomic E-state index is 0.00289. The van der Waals surface area contributed by atoms with Crippen LogP contribution in [-0.4, -0.2) is 111 Å². The lowest BCUT2D eigenvalue weighted by atomic mass is 10.1. The number of nitrogen functional groups attached to an aromatic ring is 2. The number of aromatic nitrogens is 6. The topological polar surface area (TPSA) is 338 Å². The number of benzene rings is 1. The number of aliphatic hydroxyl groups excluding tert-OH is 1. The number of anilines is 2. The lowest BCUT2D eigenvalue weighted by Gasteiger charge is -2.29. The SMILES string of the molecule is C=CCCC(=O)N[C@H](C(=O)O[C@@H]1C(COP(=O)(O)[C@H]2C(n3ccc(N)nc3=O)CO[C@@H]2COP(=O)(O)O)O[C@@H](n2cnc3c(N)ncnc32)[C@@H]1O)c1ccccc1. The highest BCUT2D eigenvalue weighted by Gasteiger charge is 2.54. The third-order valence-electron chi connectivity index (χ3n) is 9.14. The summed E-state index contributed by atoms with van der Waals surface area (Å²) in [4.78, 5) is 85.7. The van der Waals surface area contributed by atoms with Crippen LogP contribution in [0.1, 0.15) is 36.7 Å². The van der Waals surface area contributed by atoms with Crippen molar-refractivity contribution in [3.05, 3.63) is 84.0 Å². The summed E-state index contributed by atoms with van der Waals surface area (Å²) in [6.45, 7) is 1.42. The molecule has 4 aromatic rings. The van der Waals surface area contributed by atoms with E-state index in [1.165, 1.54) is 29.2 Å². The van der Waals surface area contributed by atoms with E-state index >= 15 is 0 Å². The van der Waals surface area contributed by atoms with Crippen molar-refractivity contribution in [3.8, 4) is 0 Å². The molecule has 2 saturated heterocycles. The van der Waals surface area contributed by atoms with E-state index in [2.05, 4.69) is 36.4 Å². The van der Waals surface area contributed by atoms with E-state index in [9.17, 15) is 43.3 Å². The molecule has 9 N–H and O–H groups in total. The molecule has 3 unspecified atom stereocenters. The molecule has 1 amide bonds. The Hall–Kier alpha value is -4.93. The molecule has 23 nitrogen and oxygen atoms in total. The number of aliphatic hydroxyl groups is 1. The quantitative estimate of drug-likeness (QED) is 0.0439. The first-order valence-electron chi connectivity index (χ1n) is 17.1. The van der Waals surface area contributed by atoms with Crippen LogP contribution in [0.5, 0.6) is 0 Å². The molecule has 2 aliphatic rings. The molecule has 57 heavy (non-hydrogen) atoms. The number of nitrogens with zero attached hydrogens (tertiary/aromatic N) is 6. The zero-order valence-corrected chi connectivity index (χ0v) is 31.5. The standard InChI is InChI=1S/C32H39N9O14P2/c1-2-3-9-22(42)39-23(17-7-5-4-6-8-17)31(44)55-26-19(54-30(25(26)43)41-16-37-24-28(34)35-15-36-29(24)41)13-52-56(46,47)27-18(40-11-10-21(33)38-32(40)45)12-51-20(27)14-53-57(48,49)50/h2,4-8,10-11,15-16,18-20,23,25-27,30,43H,1,3,9,12-14H2,(H,39,42)(H,46,47)(H2,33,38,45)(H2,34,35,36)(H2,48,49,50)/t18?,19?,20-,23+,25-,26-,27+,30-/m1/s1. The number of carbonyl (C=O) groups is 2. The third-order valence-corrected chi connectivity index (χ3v) is 11.6. The molecule has 1 aromatic carbocycles. The number of hydrogen-bond acceptors (Lipinski definition) is 17. The fourth-order valence-electron chi connectivity index (χ4n) is 6.48. The molecule has 3 aromatic heterocycles. The van der Waals surface area contributed by atoms with Crippen LogP contribution in [0.25, 0.3) is 11.2 Å². The monoisotopic (exact) mass is 835 g/mol. The summed E-state index contributed by atoms with van der Waals surface area (Å²) in [5.74, 6) is -1.68. The molecule has 5 heterocycles. The van der Waals surface area contributed by atoms with Crippen molar-refractivity contribution < 1.29 is 61.8 Å². The van der Waals surface area contributed by atoms with Gasteiger partial charge in [0.05, 0.1) is 38.3 Å². The molecule has 6 rings (SSSR count). The molecule has 2 aliphatic heterocycles. The fraction of sp³-hybridized carbons (Fsp3) is 0.406. The van der Waals surface area contributed by atoms with E-state index < -0.39 is 101 Å². The van der Waals surface area contributed by atoms with E-state index in [1.54, 1.807) is 30.3 Å². The van der Waals surface area contributed by atoms with E-state index in [4.69, 9.17) is 30.2 Å². The Labute approximate surface area is 322 Å². The van der Waals surface area contributed by atoms with Crippen LogP contribution in [-0.2, 0) is 42.0 Å². The van der Waals surface area contributed by atoms with Crippen LogP contribution < -0.4 is 22.5 Å². The largest absolute Gasteiger partial charge is 0.469 e. The van der Waals surface area contributed by atoms with Crippen LogP contribution in [0.3, 0.4) is 0 Å². The average Bonchev–Trinajstić information content (AvgIpc) is 3.88. The van der Waals surface area contributed by atoms with Gasteiger partial charge in [-0.05, 0) is 18.1 Å². The summed E-state index contributed by atoms with van der Waals surface area (Å²) in [5.41, 5.74) is 9.54. The number of fused-ring (bicyclic) bond motifs is 1. The normalized spacial score (nSPS) is 25.2. The summed E-state index contributed by atoms with van der Waals surface area (Å²) in [7, 11) is -10.2. The number of rotatable bonds is 16. The van der Waals surface area contributed by atoms with Crippen LogP contribution in [0, 0.1) is 0 Å². The van der Waals surface area contributed by atoms with Gasteiger partial charge in [-0.2, -0.15) is 4.98 Å². The number of ether oxygens (including phenoxy) is 3. The van der Waals surface area contributed by atoms with Crippen LogP contribution in [0.4, 0.5) is 11.6 Å². The van der Waals surface area contributed by atoms with E-state index in [1.807, 2.05) is 0 Å². The Morgan fingerprint density at radius 2 is 1.79 bits per heavy atom. The number of nitrogens with two attached hydrogens (primary N) is 2. The highest BCUT2D eigenvalue weighted by molar-refractivity contribution is 7.53. The Kier molecular flexibility index (Phi) is 12.6. The number of phosphoric acid groups is 1. The first-order chi connectivity index (χ1) is 27.1. The van der Waals surface area contributed by atoms with Gasteiger partial charge < -0.3 is 55.3 Å². The van der Waals surface area contributed by atoms with Crippen LogP contribution >= 0.6 is 15.4 Å². The summed E-state index contributed by atoms with van der Waals surface area (Å²) in [6.07, 6.45) is -2.41.